The van der Waals surface area contributed by atoms with E-state index in [0.29, 0.717) is 18.8 Å². The van der Waals surface area contributed by atoms with Crippen molar-refractivity contribution in [3.63, 3.8) is 0 Å². The van der Waals surface area contributed by atoms with E-state index in [9.17, 15) is 18.8 Å². The van der Waals surface area contributed by atoms with Gasteiger partial charge in [-0.25, -0.2) is 28.5 Å². The van der Waals surface area contributed by atoms with Gasteiger partial charge in [0.1, 0.15) is 23.0 Å². The number of carbonyl (C=O) groups is 1. The molecule has 12 heteroatoms. The van der Waals surface area contributed by atoms with Crippen LogP contribution in [0.5, 0.6) is 0 Å². The molecule has 10 nitrogen and oxygen atoms in total. The summed E-state index contributed by atoms with van der Waals surface area (Å²) in [6, 6.07) is 12.7. The van der Waals surface area contributed by atoms with Crippen LogP contribution in [-0.4, -0.2) is 55.1 Å². The zero-order valence-corrected chi connectivity index (χ0v) is 23.8. The maximum Gasteiger partial charge on any atom is 0.410 e. The molecule has 1 unspecified atom stereocenters. The number of benzene rings is 1. The molecule has 4 heterocycles. The zero-order chi connectivity index (χ0) is 30.0. The van der Waals surface area contributed by atoms with Crippen molar-refractivity contribution in [1.82, 2.24) is 24.3 Å². The van der Waals surface area contributed by atoms with Crippen molar-refractivity contribution < 1.29 is 18.3 Å². The van der Waals surface area contributed by atoms with Crippen LogP contribution in [0.4, 0.5) is 25.2 Å². The van der Waals surface area contributed by atoms with Gasteiger partial charge in [-0.15, -0.1) is 0 Å². The molecule has 0 bridgehead atoms. The topological polar surface area (TPSA) is 120 Å². The van der Waals surface area contributed by atoms with Crippen LogP contribution in [-0.2, 0) is 4.74 Å². The number of ether oxygens (including phenoxy) is 1. The highest BCUT2D eigenvalue weighted by Gasteiger charge is 2.30. The average Bonchev–Trinajstić information content (AvgIpc) is 3.59. The quantitative estimate of drug-likeness (QED) is 0.268. The van der Waals surface area contributed by atoms with Crippen LogP contribution < -0.4 is 10.6 Å². The van der Waals surface area contributed by atoms with E-state index < -0.39 is 12.0 Å². The zero-order valence-electron chi connectivity index (χ0n) is 23.8. The summed E-state index contributed by atoms with van der Waals surface area (Å²) in [5.74, 6) is 0.277. The average molecular weight is 575 g/mol. The van der Waals surface area contributed by atoms with Crippen molar-refractivity contribution in [2.24, 2.45) is 0 Å². The van der Waals surface area contributed by atoms with Crippen molar-refractivity contribution in [2.75, 3.05) is 23.7 Å². The maximum absolute atomic E-state index is 13.5. The Morgan fingerprint density at radius 1 is 1.19 bits per heavy atom. The number of anilines is 2. The summed E-state index contributed by atoms with van der Waals surface area (Å²) in [7, 11) is 0. The summed E-state index contributed by atoms with van der Waals surface area (Å²) in [4.78, 5) is 27.2. The largest absolute Gasteiger partial charge is 0.444 e. The third-order valence-electron chi connectivity index (χ3n) is 6.90. The Balaban J connectivity index is 1.31. The molecule has 0 aliphatic carbocycles. The fourth-order valence-corrected chi connectivity index (χ4v) is 4.89. The fourth-order valence-electron chi connectivity index (χ4n) is 4.89. The van der Waals surface area contributed by atoms with Gasteiger partial charge in [-0.3, -0.25) is 4.40 Å². The van der Waals surface area contributed by atoms with E-state index in [1.54, 1.807) is 11.1 Å². The molecule has 3 aromatic heterocycles. The number of carbonyl (C=O) groups excluding carboxylic acids is 1. The number of rotatable bonds is 7. The molecule has 1 fully saturated rings. The van der Waals surface area contributed by atoms with E-state index in [0.717, 1.165) is 17.7 Å². The number of nitrogens with one attached hydrogen (secondary N) is 2. The first-order valence-electron chi connectivity index (χ1n) is 13.6. The summed E-state index contributed by atoms with van der Waals surface area (Å²) in [5.41, 5.74) is 2.13. The van der Waals surface area contributed by atoms with Crippen molar-refractivity contribution in [2.45, 2.75) is 58.2 Å². The standard InChI is InChI=1S/C30H32F2N8O2/c1-18(19-7-5-8-21(13-19)37-22-10-12-39(17-22)29(41)42-30(2,3)4)36-28-35-15-20(14-33)25(38-28)24-16-34-27-23(26(31)32)9-6-11-40(24)27/h5-9,11,13,15-16,18,22,26,37H,10,12,17H2,1-4H3,(H,35,36,38)/t18-,22?/m0/s1. The minimum atomic E-state index is -2.69. The smallest absolute Gasteiger partial charge is 0.410 e. The van der Waals surface area contributed by atoms with Gasteiger partial charge in [-0.2, -0.15) is 5.26 Å². The number of nitriles is 1. The van der Waals surface area contributed by atoms with Crippen molar-refractivity contribution in [3.05, 3.63) is 71.7 Å². The Kier molecular flexibility index (Phi) is 7.93. The second-order valence-corrected chi connectivity index (χ2v) is 11.2. The Labute approximate surface area is 242 Å². The fraction of sp³-hybridized carbons (Fsp3) is 0.367. The molecular weight excluding hydrogens is 542 g/mol. The van der Waals surface area contributed by atoms with Gasteiger partial charge in [-0.1, -0.05) is 12.1 Å². The number of amides is 1. The molecule has 218 valence electrons. The van der Waals surface area contributed by atoms with Gasteiger partial charge in [0.2, 0.25) is 5.95 Å². The molecule has 1 saturated heterocycles. The third-order valence-corrected chi connectivity index (χ3v) is 6.90. The highest BCUT2D eigenvalue weighted by molar-refractivity contribution is 5.69. The van der Waals surface area contributed by atoms with E-state index in [1.807, 2.05) is 52.0 Å². The maximum atomic E-state index is 13.5. The van der Waals surface area contributed by atoms with E-state index in [-0.39, 0.29) is 46.6 Å². The summed E-state index contributed by atoms with van der Waals surface area (Å²) in [5, 5.41) is 16.5. The number of alkyl halides is 2. The molecule has 4 aromatic rings. The van der Waals surface area contributed by atoms with E-state index >= 15 is 0 Å². The van der Waals surface area contributed by atoms with Gasteiger partial charge < -0.3 is 20.3 Å². The third kappa shape index (κ3) is 6.25. The molecule has 1 aliphatic heterocycles. The highest BCUT2D eigenvalue weighted by Crippen LogP contribution is 2.29. The lowest BCUT2D eigenvalue weighted by Gasteiger charge is -2.24. The summed E-state index contributed by atoms with van der Waals surface area (Å²) in [6.45, 7) is 8.70. The normalized spacial score (nSPS) is 16.0. The van der Waals surface area contributed by atoms with Gasteiger partial charge >= 0.3 is 6.09 Å². The van der Waals surface area contributed by atoms with Crippen LogP contribution in [0.1, 0.15) is 63.3 Å². The van der Waals surface area contributed by atoms with Crippen LogP contribution in [0.2, 0.25) is 0 Å². The predicted octanol–water partition coefficient (Wildman–Crippen LogP) is 6.19. The Morgan fingerprint density at radius 2 is 2.00 bits per heavy atom. The van der Waals surface area contributed by atoms with Gasteiger partial charge in [0, 0.05) is 31.0 Å². The SMILES string of the molecule is C[C@H](Nc1ncc(C#N)c(-c2cnc3c(C(F)F)cccn23)n1)c1cccc(NC2CCN(C(=O)OC(C)(C)C)C2)c1. The number of hydrogen-bond acceptors (Lipinski definition) is 8. The second kappa shape index (κ2) is 11.6. The molecule has 5 rings (SSSR count). The highest BCUT2D eigenvalue weighted by atomic mass is 19.3. The lowest BCUT2D eigenvalue weighted by atomic mass is 10.1. The number of hydrogen-bond donors (Lipinski definition) is 2. The van der Waals surface area contributed by atoms with E-state index in [4.69, 9.17) is 4.74 Å². The number of halogens is 2. The molecule has 42 heavy (non-hydrogen) atoms. The first-order valence-corrected chi connectivity index (χ1v) is 13.6. The molecule has 1 aromatic carbocycles. The summed E-state index contributed by atoms with van der Waals surface area (Å²) < 4.78 is 34.0. The number of fused-ring (bicyclic) bond motifs is 1. The molecule has 2 N–H and O–H groups in total. The molecule has 1 amide bonds. The van der Waals surface area contributed by atoms with Crippen LogP contribution in [0.3, 0.4) is 0 Å². The minimum Gasteiger partial charge on any atom is -0.444 e. The number of pyridine rings is 1. The lowest BCUT2D eigenvalue weighted by Crippen LogP contribution is -2.36. The molecule has 1 aliphatic rings. The number of nitrogens with zero attached hydrogens (tertiary/aromatic N) is 6. The summed E-state index contributed by atoms with van der Waals surface area (Å²) >= 11 is 0. The molecule has 0 radical (unpaired) electrons. The number of aromatic nitrogens is 4. The second-order valence-electron chi connectivity index (χ2n) is 11.2. The number of likely N-dealkylation sites (tertiary alicyclic amines) is 1. The van der Waals surface area contributed by atoms with Crippen LogP contribution in [0, 0.1) is 11.3 Å². The minimum absolute atomic E-state index is 0.0940. The molecular formula is C30H32F2N8O2. The molecule has 2 atom stereocenters. The van der Waals surface area contributed by atoms with Crippen LogP contribution >= 0.6 is 0 Å². The van der Waals surface area contributed by atoms with Gasteiger partial charge in [-0.05, 0) is 63.9 Å². The van der Waals surface area contributed by atoms with E-state index in [2.05, 4.69) is 31.7 Å². The molecule has 0 spiro atoms. The predicted molar refractivity (Wildman–Crippen MR) is 154 cm³/mol. The summed E-state index contributed by atoms with van der Waals surface area (Å²) in [6.07, 6.45) is 2.26. The molecule has 0 saturated carbocycles. The van der Waals surface area contributed by atoms with Crippen molar-refractivity contribution in [3.8, 4) is 17.5 Å². The Bertz CT molecular complexity index is 1640. The van der Waals surface area contributed by atoms with Crippen molar-refractivity contribution in [1.29, 1.82) is 5.26 Å². The van der Waals surface area contributed by atoms with Crippen LogP contribution in [0.15, 0.2) is 55.0 Å². The monoisotopic (exact) mass is 574 g/mol. The van der Waals surface area contributed by atoms with Gasteiger partial charge in [0.15, 0.2) is 0 Å². The van der Waals surface area contributed by atoms with E-state index in [1.165, 1.54) is 28.9 Å². The lowest BCUT2D eigenvalue weighted by molar-refractivity contribution is 0.0293. The number of imidazole rings is 1. The Morgan fingerprint density at radius 3 is 2.74 bits per heavy atom. The van der Waals surface area contributed by atoms with Crippen LogP contribution in [0.25, 0.3) is 17.0 Å². The Hall–Kier alpha value is -4.79. The van der Waals surface area contributed by atoms with Gasteiger partial charge in [0.25, 0.3) is 6.43 Å². The first-order chi connectivity index (χ1) is 20.0. The van der Waals surface area contributed by atoms with Gasteiger partial charge in [0.05, 0.1) is 35.3 Å². The first kappa shape index (κ1) is 28.7. The van der Waals surface area contributed by atoms with Crippen molar-refractivity contribution >= 4 is 23.4 Å².